The number of halogens is 3. The first-order chi connectivity index (χ1) is 17.1. The van der Waals surface area contributed by atoms with Crippen LogP contribution in [0.2, 0.25) is 0 Å². The number of carbonyl (C=O) groups excluding carboxylic acids is 1. The number of alkyl halides is 3. The molecular formula is C25H24F3N7O. The van der Waals surface area contributed by atoms with Crippen LogP contribution in [0.1, 0.15) is 22.3 Å². The second-order valence-corrected chi connectivity index (χ2v) is 8.88. The van der Waals surface area contributed by atoms with Crippen molar-refractivity contribution in [2.24, 2.45) is 7.05 Å². The summed E-state index contributed by atoms with van der Waals surface area (Å²) in [5, 5.41) is 11.9. The number of amides is 1. The molecule has 0 saturated carbocycles. The van der Waals surface area contributed by atoms with Gasteiger partial charge in [0.1, 0.15) is 0 Å². The Balaban J connectivity index is 1.36. The second-order valence-electron chi connectivity index (χ2n) is 8.88. The first kappa shape index (κ1) is 23.6. The lowest BCUT2D eigenvalue weighted by Crippen LogP contribution is -2.43. The summed E-state index contributed by atoms with van der Waals surface area (Å²) >= 11 is 0. The van der Waals surface area contributed by atoms with Crippen molar-refractivity contribution in [3.05, 3.63) is 64.8 Å². The highest BCUT2D eigenvalue weighted by Crippen LogP contribution is 2.30. The number of fused-ring (bicyclic) bond motifs is 2. The van der Waals surface area contributed by atoms with E-state index in [-0.39, 0.29) is 13.1 Å². The molecule has 1 amide bonds. The molecule has 186 valence electrons. The van der Waals surface area contributed by atoms with Crippen LogP contribution in [0.25, 0.3) is 11.0 Å². The predicted molar refractivity (Wildman–Crippen MR) is 130 cm³/mol. The molecular weight excluding hydrogens is 471 g/mol. The topological polar surface area (TPSA) is 88.0 Å². The molecule has 2 aromatic heterocycles. The van der Waals surface area contributed by atoms with Crippen molar-refractivity contribution < 1.29 is 18.0 Å². The molecule has 0 fully saturated rings. The average molecular weight is 496 g/mol. The smallest absolute Gasteiger partial charge is 0.338 e. The number of hydrogen-bond donors (Lipinski definition) is 2. The van der Waals surface area contributed by atoms with Crippen LogP contribution < -0.4 is 10.6 Å². The third-order valence-corrected chi connectivity index (χ3v) is 6.31. The Labute approximate surface area is 205 Å². The molecule has 0 bridgehead atoms. The largest absolute Gasteiger partial charge is 0.471 e. The highest BCUT2D eigenvalue weighted by molar-refractivity contribution is 5.90. The summed E-state index contributed by atoms with van der Waals surface area (Å²) in [6.45, 7) is 4.01. The summed E-state index contributed by atoms with van der Waals surface area (Å²) in [5.41, 5.74) is 6.12. The number of nitrogens with one attached hydrogen (secondary N) is 2. The maximum absolute atomic E-state index is 12.8. The van der Waals surface area contributed by atoms with Gasteiger partial charge in [0.25, 0.3) is 0 Å². The van der Waals surface area contributed by atoms with Gasteiger partial charge in [0, 0.05) is 37.7 Å². The van der Waals surface area contributed by atoms with Crippen molar-refractivity contribution in [1.82, 2.24) is 24.6 Å². The molecule has 0 saturated heterocycles. The van der Waals surface area contributed by atoms with Gasteiger partial charge in [-0.1, -0.05) is 24.3 Å². The van der Waals surface area contributed by atoms with Gasteiger partial charge < -0.3 is 15.5 Å². The van der Waals surface area contributed by atoms with Crippen LogP contribution in [-0.2, 0) is 24.8 Å². The van der Waals surface area contributed by atoms with E-state index in [1.54, 1.807) is 23.0 Å². The van der Waals surface area contributed by atoms with Crippen molar-refractivity contribution in [3.8, 4) is 0 Å². The van der Waals surface area contributed by atoms with Crippen molar-refractivity contribution in [3.63, 3.8) is 0 Å². The zero-order valence-electron chi connectivity index (χ0n) is 19.9. The minimum Gasteiger partial charge on any atom is -0.338 e. The van der Waals surface area contributed by atoms with E-state index in [4.69, 9.17) is 0 Å². The Hall–Kier alpha value is -4.15. The third-order valence-electron chi connectivity index (χ3n) is 6.31. The van der Waals surface area contributed by atoms with Gasteiger partial charge in [0.05, 0.1) is 5.39 Å². The van der Waals surface area contributed by atoms with Gasteiger partial charge in [0.2, 0.25) is 5.95 Å². The van der Waals surface area contributed by atoms with Crippen LogP contribution in [-0.4, -0.2) is 43.3 Å². The Morgan fingerprint density at radius 3 is 2.53 bits per heavy atom. The highest BCUT2D eigenvalue weighted by Gasteiger charge is 2.43. The van der Waals surface area contributed by atoms with E-state index in [1.807, 2.05) is 45.2 Å². The number of para-hydroxylation sites is 1. The molecule has 0 aliphatic carbocycles. The Morgan fingerprint density at radius 2 is 1.81 bits per heavy atom. The SMILES string of the molecule is Cc1cccc(C)c1Nc1nn(C)c2nc(Nc3ccc4c(c3)CCN(C(=O)C(F)(F)F)C4)ncc12. The fourth-order valence-corrected chi connectivity index (χ4v) is 4.43. The maximum Gasteiger partial charge on any atom is 0.471 e. The Morgan fingerprint density at radius 1 is 1.06 bits per heavy atom. The van der Waals surface area contributed by atoms with Crippen LogP contribution in [0, 0.1) is 13.8 Å². The van der Waals surface area contributed by atoms with Gasteiger partial charge in [-0.2, -0.15) is 23.3 Å². The quantitative estimate of drug-likeness (QED) is 0.418. The van der Waals surface area contributed by atoms with Gasteiger partial charge in [0.15, 0.2) is 11.5 Å². The number of hydrogen-bond acceptors (Lipinski definition) is 6. The summed E-state index contributed by atoms with van der Waals surface area (Å²) in [6, 6.07) is 11.4. The number of aryl methyl sites for hydroxylation is 3. The standard InChI is InChI=1S/C25H24F3N7O/c1-14-5-4-6-15(2)20(14)31-21-19-12-29-24(32-22(19)34(3)33-21)30-18-8-7-17-13-35(10-9-16(17)11-18)23(36)25(26,27)28/h4-8,11-12H,9-10,13H2,1-3H3,(H,31,33)(H,29,30,32). The first-order valence-electron chi connectivity index (χ1n) is 11.4. The van der Waals surface area contributed by atoms with Crippen molar-refractivity contribution in [1.29, 1.82) is 0 Å². The molecule has 0 atom stereocenters. The molecule has 0 unspecified atom stereocenters. The van der Waals surface area contributed by atoms with E-state index in [0.717, 1.165) is 32.7 Å². The zero-order chi connectivity index (χ0) is 25.6. The number of carbonyl (C=O) groups is 1. The van der Waals surface area contributed by atoms with E-state index < -0.39 is 12.1 Å². The average Bonchev–Trinajstić information content (AvgIpc) is 3.14. The number of benzene rings is 2. The minimum atomic E-state index is -4.87. The number of nitrogens with zero attached hydrogens (tertiary/aromatic N) is 5. The predicted octanol–water partition coefficient (Wildman–Crippen LogP) is 4.91. The number of rotatable bonds is 4. The van der Waals surface area contributed by atoms with E-state index in [1.165, 1.54) is 0 Å². The fourth-order valence-electron chi connectivity index (χ4n) is 4.43. The van der Waals surface area contributed by atoms with Crippen molar-refractivity contribution >= 4 is 40.1 Å². The molecule has 1 aliphatic rings. The zero-order valence-corrected chi connectivity index (χ0v) is 19.9. The molecule has 36 heavy (non-hydrogen) atoms. The van der Waals surface area contributed by atoms with Gasteiger partial charge in [-0.25, -0.2) is 9.67 Å². The molecule has 4 aromatic rings. The third kappa shape index (κ3) is 4.43. The molecule has 0 radical (unpaired) electrons. The molecule has 8 nitrogen and oxygen atoms in total. The van der Waals surface area contributed by atoms with E-state index in [0.29, 0.717) is 35.1 Å². The lowest BCUT2D eigenvalue weighted by atomic mass is 9.99. The van der Waals surface area contributed by atoms with Crippen LogP contribution in [0.4, 0.5) is 36.3 Å². The minimum absolute atomic E-state index is 0.0163. The van der Waals surface area contributed by atoms with Crippen molar-refractivity contribution in [2.75, 3.05) is 17.2 Å². The molecule has 0 spiro atoms. The van der Waals surface area contributed by atoms with E-state index in [2.05, 4.69) is 25.7 Å². The van der Waals surface area contributed by atoms with Gasteiger partial charge in [-0.3, -0.25) is 4.79 Å². The molecule has 2 N–H and O–H groups in total. The normalized spacial score (nSPS) is 13.6. The van der Waals surface area contributed by atoms with Crippen LogP contribution in [0.3, 0.4) is 0 Å². The summed E-state index contributed by atoms with van der Waals surface area (Å²) < 4.78 is 40.0. The number of aromatic nitrogens is 4. The first-order valence-corrected chi connectivity index (χ1v) is 11.4. The second kappa shape index (κ2) is 8.81. The van der Waals surface area contributed by atoms with Gasteiger partial charge in [-0.15, -0.1) is 0 Å². The van der Waals surface area contributed by atoms with Gasteiger partial charge in [-0.05, 0) is 54.7 Å². The molecule has 1 aliphatic heterocycles. The summed E-state index contributed by atoms with van der Waals surface area (Å²) in [4.78, 5) is 21.5. The summed E-state index contributed by atoms with van der Waals surface area (Å²) in [6.07, 6.45) is -2.83. The fraction of sp³-hybridized carbons (Fsp3) is 0.280. The molecule has 11 heteroatoms. The van der Waals surface area contributed by atoms with Crippen LogP contribution in [0.15, 0.2) is 42.6 Å². The van der Waals surface area contributed by atoms with Crippen LogP contribution in [0.5, 0.6) is 0 Å². The molecule has 3 heterocycles. The maximum atomic E-state index is 12.8. The van der Waals surface area contributed by atoms with Crippen molar-refractivity contribution in [2.45, 2.75) is 33.0 Å². The van der Waals surface area contributed by atoms with Gasteiger partial charge >= 0.3 is 12.1 Å². The molecule has 2 aromatic carbocycles. The van der Waals surface area contributed by atoms with E-state index >= 15 is 0 Å². The monoisotopic (exact) mass is 495 g/mol. The Bertz CT molecular complexity index is 1460. The van der Waals surface area contributed by atoms with Crippen LogP contribution >= 0.6 is 0 Å². The Kier molecular flexibility index (Phi) is 5.77. The lowest BCUT2D eigenvalue weighted by Gasteiger charge is -2.29. The highest BCUT2D eigenvalue weighted by atomic mass is 19.4. The number of anilines is 4. The lowest BCUT2D eigenvalue weighted by molar-refractivity contribution is -0.186. The summed E-state index contributed by atoms with van der Waals surface area (Å²) in [5.74, 6) is -0.781. The molecule has 5 rings (SSSR count). The van der Waals surface area contributed by atoms with E-state index in [9.17, 15) is 18.0 Å². The summed E-state index contributed by atoms with van der Waals surface area (Å²) in [7, 11) is 1.81.